The van der Waals surface area contributed by atoms with Gasteiger partial charge in [-0.1, -0.05) is 53.0 Å². The molecule has 0 radical (unpaired) electrons. The number of nitrogens with one attached hydrogen (secondary N) is 1. The fourth-order valence-electron chi connectivity index (χ4n) is 4.52. The van der Waals surface area contributed by atoms with Gasteiger partial charge in [0.15, 0.2) is 0 Å². The first kappa shape index (κ1) is 27.1. The highest BCUT2D eigenvalue weighted by Crippen LogP contribution is 2.37. The molecule has 0 amide bonds. The van der Waals surface area contributed by atoms with Crippen molar-refractivity contribution in [2.75, 3.05) is 4.72 Å². The van der Waals surface area contributed by atoms with Crippen LogP contribution in [0.4, 0.5) is 5.69 Å². The lowest BCUT2D eigenvalue weighted by molar-refractivity contribution is 0.501. The van der Waals surface area contributed by atoms with E-state index in [2.05, 4.69) is 14.7 Å². The van der Waals surface area contributed by atoms with Gasteiger partial charge < -0.3 is 0 Å². The van der Waals surface area contributed by atoms with Crippen LogP contribution in [0.3, 0.4) is 0 Å². The van der Waals surface area contributed by atoms with Crippen LogP contribution in [0.5, 0.6) is 0 Å². The van der Waals surface area contributed by atoms with Crippen LogP contribution in [-0.2, 0) is 29.3 Å². The molecule has 0 aliphatic carbocycles. The number of nitrogens with zero attached hydrogens (tertiary/aromatic N) is 3. The third kappa shape index (κ3) is 6.56. The van der Waals surface area contributed by atoms with Crippen LogP contribution in [-0.4, -0.2) is 23.4 Å². The molecule has 198 valence electrons. The maximum absolute atomic E-state index is 13.2. The summed E-state index contributed by atoms with van der Waals surface area (Å²) < 4.78 is 29.1. The highest BCUT2D eigenvalue weighted by atomic mass is 35.5. The normalized spacial score (nSPS) is 11.7. The quantitative estimate of drug-likeness (QED) is 0.202. The Morgan fingerprint density at radius 1 is 0.769 bits per heavy atom. The highest BCUT2D eigenvalue weighted by Gasteiger charge is 2.21. The van der Waals surface area contributed by atoms with Crippen molar-refractivity contribution in [1.82, 2.24) is 15.0 Å². The molecule has 0 saturated heterocycles. The lowest BCUT2D eigenvalue weighted by Crippen LogP contribution is -2.15. The number of pyridine rings is 3. The van der Waals surface area contributed by atoms with Gasteiger partial charge in [-0.05, 0) is 86.7 Å². The van der Waals surface area contributed by atoms with E-state index < -0.39 is 10.0 Å². The second-order valence-corrected chi connectivity index (χ2v) is 11.9. The minimum Gasteiger partial charge on any atom is -0.276 e. The summed E-state index contributed by atoms with van der Waals surface area (Å²) in [5.41, 5.74) is 4.31. The fraction of sp³-hybridized carbons (Fsp3) is 0.167. The third-order valence-corrected chi connectivity index (χ3v) is 8.43. The Balaban J connectivity index is 1.51. The summed E-state index contributed by atoms with van der Waals surface area (Å²) in [6.45, 7) is 1.90. The maximum Gasteiger partial charge on any atom is 0.262 e. The molecule has 5 rings (SSSR count). The fourth-order valence-corrected chi connectivity index (χ4v) is 6.23. The number of aromatic nitrogens is 3. The number of hydrogen-bond donors (Lipinski definition) is 1. The van der Waals surface area contributed by atoms with E-state index in [0.717, 1.165) is 35.5 Å². The van der Waals surface area contributed by atoms with E-state index in [9.17, 15) is 8.42 Å². The zero-order valence-corrected chi connectivity index (χ0v) is 23.5. The van der Waals surface area contributed by atoms with E-state index in [1.54, 1.807) is 36.7 Å². The van der Waals surface area contributed by atoms with Crippen molar-refractivity contribution in [3.63, 3.8) is 0 Å². The van der Waals surface area contributed by atoms with E-state index in [1.165, 1.54) is 6.07 Å². The third-order valence-electron chi connectivity index (χ3n) is 6.45. The van der Waals surface area contributed by atoms with Gasteiger partial charge in [-0.25, -0.2) is 8.42 Å². The van der Waals surface area contributed by atoms with Gasteiger partial charge in [0, 0.05) is 34.9 Å². The summed E-state index contributed by atoms with van der Waals surface area (Å²) in [4.78, 5) is 14.0. The molecule has 0 atom stereocenters. The van der Waals surface area contributed by atoms with E-state index >= 15 is 0 Å². The summed E-state index contributed by atoms with van der Waals surface area (Å²) in [6.07, 6.45) is 5.67. The van der Waals surface area contributed by atoms with Crippen molar-refractivity contribution in [2.45, 2.75) is 31.1 Å². The minimum absolute atomic E-state index is 0.134. The topological polar surface area (TPSA) is 84.8 Å². The molecule has 3 aromatic heterocycles. The molecule has 0 aliphatic rings. The zero-order chi connectivity index (χ0) is 27.4. The summed E-state index contributed by atoms with van der Waals surface area (Å²) in [6, 6.07) is 23.7. The molecule has 0 bridgehead atoms. The predicted octanol–water partition coefficient (Wildman–Crippen LogP) is 7.08. The van der Waals surface area contributed by atoms with E-state index in [1.807, 2.05) is 55.5 Å². The van der Waals surface area contributed by atoms with Gasteiger partial charge in [0.1, 0.15) is 0 Å². The molecule has 39 heavy (non-hydrogen) atoms. The molecule has 5 aromatic rings. The number of rotatable bonds is 9. The Bertz CT molecular complexity index is 1660. The SMILES string of the molecule is Cc1ccc(S(=O)(=O)Nc2c(Cl)cc(Cl)c3ccc(CC(Cc4ccccn4)Cc4ccccn4)nc23)cc1. The molecule has 0 fully saturated rings. The monoisotopic (exact) mass is 576 g/mol. The standard InChI is InChI=1S/C30H26Cl2N4O2S/c1-20-8-11-25(12-9-20)39(37,38)36-30-28(32)19-27(31)26-13-10-24(35-29(26)30)18-21(16-22-6-2-4-14-33-22)17-23-7-3-5-15-34-23/h2-15,19,21,36H,16-18H2,1H3. The Morgan fingerprint density at radius 3 is 1.97 bits per heavy atom. The average molecular weight is 578 g/mol. The number of sulfonamides is 1. The molecular weight excluding hydrogens is 551 g/mol. The zero-order valence-electron chi connectivity index (χ0n) is 21.2. The van der Waals surface area contributed by atoms with Crippen LogP contribution < -0.4 is 4.72 Å². The summed E-state index contributed by atoms with van der Waals surface area (Å²) >= 11 is 13.0. The summed E-state index contributed by atoms with van der Waals surface area (Å²) in [5.74, 6) is 0.155. The first-order valence-corrected chi connectivity index (χ1v) is 14.7. The van der Waals surface area contributed by atoms with Crippen molar-refractivity contribution >= 4 is 49.8 Å². The molecule has 0 unspecified atom stereocenters. The van der Waals surface area contributed by atoms with E-state index in [0.29, 0.717) is 22.3 Å². The van der Waals surface area contributed by atoms with Crippen molar-refractivity contribution in [2.24, 2.45) is 5.92 Å². The lowest BCUT2D eigenvalue weighted by Gasteiger charge is -2.18. The van der Waals surface area contributed by atoms with E-state index in [4.69, 9.17) is 28.2 Å². The summed E-state index contributed by atoms with van der Waals surface area (Å²) in [7, 11) is -3.91. The smallest absolute Gasteiger partial charge is 0.262 e. The van der Waals surface area contributed by atoms with E-state index in [-0.39, 0.29) is 21.5 Å². The highest BCUT2D eigenvalue weighted by molar-refractivity contribution is 7.92. The second kappa shape index (κ2) is 11.7. The van der Waals surface area contributed by atoms with Gasteiger partial charge in [0.2, 0.25) is 0 Å². The Hall–Kier alpha value is -3.52. The largest absolute Gasteiger partial charge is 0.276 e. The molecule has 1 N–H and O–H groups in total. The molecule has 0 saturated carbocycles. The molecule has 9 heteroatoms. The van der Waals surface area contributed by atoms with Gasteiger partial charge in [-0.3, -0.25) is 19.7 Å². The van der Waals surface area contributed by atoms with Crippen LogP contribution in [0.2, 0.25) is 10.0 Å². The number of benzene rings is 2. The van der Waals surface area contributed by atoms with Crippen LogP contribution >= 0.6 is 23.2 Å². The molecule has 3 heterocycles. The molecule has 2 aromatic carbocycles. The molecular formula is C30H26Cl2N4O2S. The first-order chi connectivity index (χ1) is 18.8. The van der Waals surface area contributed by atoms with Crippen molar-refractivity contribution in [3.05, 3.63) is 124 Å². The van der Waals surface area contributed by atoms with Crippen LogP contribution in [0, 0.1) is 12.8 Å². The van der Waals surface area contributed by atoms with Crippen molar-refractivity contribution < 1.29 is 8.42 Å². The number of hydrogen-bond acceptors (Lipinski definition) is 5. The van der Waals surface area contributed by atoms with Gasteiger partial charge in [-0.2, -0.15) is 0 Å². The average Bonchev–Trinajstić information content (AvgIpc) is 2.92. The van der Waals surface area contributed by atoms with Crippen molar-refractivity contribution in [3.8, 4) is 0 Å². The first-order valence-electron chi connectivity index (χ1n) is 12.5. The van der Waals surface area contributed by atoms with Gasteiger partial charge in [0.05, 0.1) is 26.1 Å². The number of halogens is 2. The van der Waals surface area contributed by atoms with Crippen LogP contribution in [0.1, 0.15) is 22.6 Å². The second-order valence-electron chi connectivity index (χ2n) is 9.45. The Kier molecular flexibility index (Phi) is 8.12. The van der Waals surface area contributed by atoms with Gasteiger partial charge in [0.25, 0.3) is 10.0 Å². The summed E-state index contributed by atoms with van der Waals surface area (Å²) in [5, 5.41) is 1.18. The molecule has 0 spiro atoms. The predicted molar refractivity (Wildman–Crippen MR) is 157 cm³/mol. The van der Waals surface area contributed by atoms with Gasteiger partial charge >= 0.3 is 0 Å². The Labute approximate surface area is 238 Å². The number of anilines is 1. The maximum atomic E-state index is 13.2. The lowest BCUT2D eigenvalue weighted by atomic mass is 9.91. The molecule has 0 aliphatic heterocycles. The van der Waals surface area contributed by atoms with Crippen molar-refractivity contribution in [1.29, 1.82) is 0 Å². The molecule has 6 nitrogen and oxygen atoms in total. The number of fused-ring (bicyclic) bond motifs is 1. The van der Waals surface area contributed by atoms with Crippen LogP contribution in [0.15, 0.2) is 96.2 Å². The van der Waals surface area contributed by atoms with Gasteiger partial charge in [-0.15, -0.1) is 0 Å². The van der Waals surface area contributed by atoms with Crippen LogP contribution in [0.25, 0.3) is 10.9 Å². The Morgan fingerprint density at radius 2 is 1.38 bits per heavy atom. The minimum atomic E-state index is -3.91. The number of aryl methyl sites for hydroxylation is 1.